The Morgan fingerprint density at radius 3 is 3.07 bits per heavy atom. The third-order valence-electron chi connectivity index (χ3n) is 2.70. The fourth-order valence-corrected chi connectivity index (χ4v) is 2.57. The first-order valence-corrected chi connectivity index (χ1v) is 5.53. The molecule has 1 N–H and O–H groups in total. The van der Waals surface area contributed by atoms with Gasteiger partial charge in [-0.2, -0.15) is 0 Å². The second-order valence-corrected chi connectivity index (χ2v) is 4.39. The Bertz CT molecular complexity index is 335. The molecule has 1 aliphatic rings. The maximum Gasteiger partial charge on any atom is 0.204 e. The van der Waals surface area contributed by atoms with Crippen molar-refractivity contribution in [2.45, 2.75) is 19.4 Å². The number of halogens is 2. The van der Waals surface area contributed by atoms with Crippen molar-refractivity contribution in [3.63, 3.8) is 0 Å². The van der Waals surface area contributed by atoms with Crippen LogP contribution >= 0.6 is 23.2 Å². The summed E-state index contributed by atoms with van der Waals surface area (Å²) in [7, 11) is 1.97. The fourth-order valence-electron chi connectivity index (χ4n) is 2.00. The molecule has 0 aromatic carbocycles. The predicted octanol–water partition coefficient (Wildman–Crippen LogP) is 1.97. The highest BCUT2D eigenvalue weighted by atomic mass is 35.5. The van der Waals surface area contributed by atoms with Gasteiger partial charge in [-0.3, -0.25) is 0 Å². The van der Waals surface area contributed by atoms with Crippen LogP contribution in [0.1, 0.15) is 12.1 Å². The molecule has 78 valence electrons. The molecular weight excluding hydrogens is 221 g/mol. The van der Waals surface area contributed by atoms with E-state index in [1.807, 2.05) is 11.6 Å². The molecule has 0 amide bonds. The molecule has 14 heavy (non-hydrogen) atoms. The van der Waals surface area contributed by atoms with E-state index in [0.29, 0.717) is 16.4 Å². The maximum atomic E-state index is 5.98. The molecule has 0 saturated carbocycles. The lowest BCUT2D eigenvalue weighted by molar-refractivity contribution is 0.361. The number of aromatic nitrogens is 2. The summed E-state index contributed by atoms with van der Waals surface area (Å²) in [5.41, 5.74) is 1.09. The normalized spacial score (nSPS) is 20.9. The average molecular weight is 234 g/mol. The highest BCUT2D eigenvalue weighted by Crippen LogP contribution is 2.28. The Morgan fingerprint density at radius 2 is 2.36 bits per heavy atom. The Kier molecular flexibility index (Phi) is 3.00. The fraction of sp³-hybridized carbons (Fsp3) is 0.667. The smallest absolute Gasteiger partial charge is 0.204 e. The molecule has 1 aliphatic heterocycles. The lowest BCUT2D eigenvalue weighted by atomic mass is 9.98. The molecule has 0 saturated heterocycles. The molecule has 0 aliphatic carbocycles. The monoisotopic (exact) mass is 233 g/mol. The number of rotatable bonds is 2. The van der Waals surface area contributed by atoms with E-state index in [9.17, 15) is 0 Å². The topological polar surface area (TPSA) is 29.9 Å². The summed E-state index contributed by atoms with van der Waals surface area (Å²) in [6.07, 6.45) is 2.13. The molecule has 0 bridgehead atoms. The minimum absolute atomic E-state index is 0.519. The van der Waals surface area contributed by atoms with Crippen LogP contribution in [0, 0.1) is 5.92 Å². The van der Waals surface area contributed by atoms with Crippen molar-refractivity contribution in [2.24, 2.45) is 5.92 Å². The van der Waals surface area contributed by atoms with E-state index in [0.717, 1.165) is 31.6 Å². The van der Waals surface area contributed by atoms with Crippen molar-refractivity contribution >= 4 is 23.2 Å². The van der Waals surface area contributed by atoms with Gasteiger partial charge in [0.1, 0.15) is 0 Å². The highest BCUT2D eigenvalue weighted by molar-refractivity contribution is 6.32. The summed E-state index contributed by atoms with van der Waals surface area (Å²) in [5, 5.41) is 4.27. The number of nitrogens with zero attached hydrogens (tertiary/aromatic N) is 2. The predicted molar refractivity (Wildman–Crippen MR) is 58.0 cm³/mol. The van der Waals surface area contributed by atoms with Gasteiger partial charge in [0.25, 0.3) is 0 Å². The average Bonchev–Trinajstić information content (AvgIpc) is 2.43. The van der Waals surface area contributed by atoms with Crippen molar-refractivity contribution < 1.29 is 0 Å². The molecule has 5 heteroatoms. The molecule has 3 nitrogen and oxygen atoms in total. The second-order valence-electron chi connectivity index (χ2n) is 3.69. The van der Waals surface area contributed by atoms with E-state index < -0.39 is 0 Å². The third-order valence-corrected chi connectivity index (χ3v) is 3.29. The van der Waals surface area contributed by atoms with Gasteiger partial charge in [-0.1, -0.05) is 11.6 Å². The van der Waals surface area contributed by atoms with Gasteiger partial charge in [-0.25, -0.2) is 4.98 Å². The molecule has 2 heterocycles. The zero-order valence-electron chi connectivity index (χ0n) is 8.06. The quantitative estimate of drug-likeness (QED) is 0.847. The van der Waals surface area contributed by atoms with Gasteiger partial charge in [-0.15, -0.1) is 0 Å². The first-order valence-electron chi connectivity index (χ1n) is 4.77. The first-order chi connectivity index (χ1) is 6.72. The van der Waals surface area contributed by atoms with Gasteiger partial charge in [0, 0.05) is 6.54 Å². The minimum atomic E-state index is 0.519. The van der Waals surface area contributed by atoms with Gasteiger partial charge in [0.15, 0.2) is 5.15 Å². The summed E-state index contributed by atoms with van der Waals surface area (Å²) < 4.78 is 2.02. The van der Waals surface area contributed by atoms with Crippen molar-refractivity contribution in [3.8, 4) is 0 Å². The first kappa shape index (κ1) is 10.3. The zero-order chi connectivity index (χ0) is 10.1. The zero-order valence-corrected chi connectivity index (χ0v) is 9.57. The second kappa shape index (κ2) is 4.09. The molecule has 0 spiro atoms. The van der Waals surface area contributed by atoms with Crippen LogP contribution in [-0.2, 0) is 13.0 Å². The maximum absolute atomic E-state index is 5.98. The Morgan fingerprint density at radius 1 is 1.57 bits per heavy atom. The lowest BCUT2D eigenvalue weighted by Gasteiger charge is -2.24. The largest absolute Gasteiger partial charge is 0.319 e. The van der Waals surface area contributed by atoms with Gasteiger partial charge >= 0.3 is 0 Å². The SMILES string of the molecule is CNCC1CCc2c(Cl)nc(Cl)n2C1. The van der Waals surface area contributed by atoms with Gasteiger partial charge in [-0.05, 0) is 44.0 Å². The lowest BCUT2D eigenvalue weighted by Crippen LogP contribution is -2.28. The van der Waals surface area contributed by atoms with Crippen LogP contribution in [0.4, 0.5) is 0 Å². The Labute approximate surface area is 93.4 Å². The van der Waals surface area contributed by atoms with Crippen LogP contribution in [-0.4, -0.2) is 23.1 Å². The highest BCUT2D eigenvalue weighted by Gasteiger charge is 2.23. The summed E-state index contributed by atoms with van der Waals surface area (Å²) in [4.78, 5) is 4.06. The molecule has 1 unspecified atom stereocenters. The summed E-state index contributed by atoms with van der Waals surface area (Å²) >= 11 is 11.9. The van der Waals surface area contributed by atoms with E-state index in [1.54, 1.807) is 0 Å². The minimum Gasteiger partial charge on any atom is -0.319 e. The van der Waals surface area contributed by atoms with E-state index in [4.69, 9.17) is 23.2 Å². The number of fused-ring (bicyclic) bond motifs is 1. The molecule has 1 aromatic rings. The molecule has 1 atom stereocenters. The Balaban J connectivity index is 2.21. The van der Waals surface area contributed by atoms with Crippen molar-refractivity contribution in [1.29, 1.82) is 0 Å². The van der Waals surface area contributed by atoms with E-state index >= 15 is 0 Å². The van der Waals surface area contributed by atoms with Gasteiger partial charge < -0.3 is 9.88 Å². The molecular formula is C9H13Cl2N3. The van der Waals surface area contributed by atoms with Crippen LogP contribution < -0.4 is 5.32 Å². The molecule has 2 rings (SSSR count). The van der Waals surface area contributed by atoms with Gasteiger partial charge in [0.05, 0.1) is 5.69 Å². The van der Waals surface area contributed by atoms with E-state index in [-0.39, 0.29) is 0 Å². The molecule has 0 radical (unpaired) electrons. The van der Waals surface area contributed by atoms with Gasteiger partial charge in [0.2, 0.25) is 5.28 Å². The van der Waals surface area contributed by atoms with Crippen molar-refractivity contribution in [2.75, 3.05) is 13.6 Å². The number of nitrogens with one attached hydrogen (secondary N) is 1. The van der Waals surface area contributed by atoms with Crippen LogP contribution in [0.3, 0.4) is 0 Å². The summed E-state index contributed by atoms with van der Waals surface area (Å²) in [5.74, 6) is 0.635. The Hall–Kier alpha value is -0.250. The summed E-state index contributed by atoms with van der Waals surface area (Å²) in [6.45, 7) is 1.94. The van der Waals surface area contributed by atoms with Crippen LogP contribution in [0.2, 0.25) is 10.4 Å². The van der Waals surface area contributed by atoms with Crippen LogP contribution in [0.25, 0.3) is 0 Å². The van der Waals surface area contributed by atoms with Crippen molar-refractivity contribution in [3.05, 3.63) is 16.1 Å². The number of imidazole rings is 1. The summed E-state index contributed by atoms with van der Waals surface area (Å²) in [6, 6.07) is 0. The third kappa shape index (κ3) is 1.76. The van der Waals surface area contributed by atoms with Crippen molar-refractivity contribution in [1.82, 2.24) is 14.9 Å². The van der Waals surface area contributed by atoms with E-state index in [1.165, 1.54) is 0 Å². The standard InChI is InChI=1S/C9H13Cl2N3/c1-12-4-6-2-3-7-8(10)13-9(11)14(7)5-6/h6,12H,2-5H2,1H3. The molecule has 0 fully saturated rings. The van der Waals surface area contributed by atoms with Crippen LogP contribution in [0.5, 0.6) is 0 Å². The van der Waals surface area contributed by atoms with E-state index in [2.05, 4.69) is 10.3 Å². The number of hydrogen-bond donors (Lipinski definition) is 1. The number of hydrogen-bond acceptors (Lipinski definition) is 2. The molecule has 1 aromatic heterocycles. The van der Waals surface area contributed by atoms with Crippen LogP contribution in [0.15, 0.2) is 0 Å².